The lowest BCUT2D eigenvalue weighted by Crippen LogP contribution is -2.42. The molecule has 1 amide bonds. The fourth-order valence-corrected chi connectivity index (χ4v) is 2.17. The van der Waals surface area contributed by atoms with Crippen molar-refractivity contribution >= 4 is 11.9 Å². The normalized spacial score (nSPS) is 12.8. The highest BCUT2D eigenvalue weighted by Crippen LogP contribution is 2.18. The van der Waals surface area contributed by atoms with E-state index in [1.54, 1.807) is 7.05 Å². The largest absolute Gasteiger partial charge is 0.493 e. The molecular weight excluding hydrogens is 328 g/mol. The van der Waals surface area contributed by atoms with Gasteiger partial charge in [-0.05, 0) is 30.5 Å². The van der Waals surface area contributed by atoms with Gasteiger partial charge in [0, 0.05) is 26.1 Å². The van der Waals surface area contributed by atoms with E-state index in [4.69, 9.17) is 4.74 Å². The van der Waals surface area contributed by atoms with Crippen LogP contribution in [0.25, 0.3) is 0 Å². The molecule has 0 spiro atoms. The number of guanidine groups is 1. The van der Waals surface area contributed by atoms with Crippen molar-refractivity contribution in [3.8, 4) is 5.75 Å². The second-order valence-corrected chi connectivity index (χ2v) is 7.08. The van der Waals surface area contributed by atoms with Crippen LogP contribution >= 0.6 is 0 Å². The molecule has 0 heterocycles. The summed E-state index contributed by atoms with van der Waals surface area (Å²) < 4.78 is 5.71. The lowest BCUT2D eigenvalue weighted by atomic mass is 10.1. The number of carbonyl (C=O) groups is 1. The van der Waals surface area contributed by atoms with Crippen molar-refractivity contribution in [2.24, 2.45) is 16.8 Å². The average Bonchev–Trinajstić information content (AvgIpc) is 2.62. The van der Waals surface area contributed by atoms with Crippen molar-refractivity contribution in [1.82, 2.24) is 16.0 Å². The van der Waals surface area contributed by atoms with Gasteiger partial charge in [-0.25, -0.2) is 0 Å². The Bertz CT molecular complexity index is 568. The molecule has 0 aliphatic heterocycles. The number of rotatable bonds is 9. The minimum atomic E-state index is -0.0000470. The summed E-state index contributed by atoms with van der Waals surface area (Å²) >= 11 is 0. The Labute approximate surface area is 157 Å². The predicted molar refractivity (Wildman–Crippen MR) is 108 cm³/mol. The van der Waals surface area contributed by atoms with Crippen molar-refractivity contribution in [2.45, 2.75) is 40.7 Å². The Hall–Kier alpha value is -2.24. The maximum atomic E-state index is 11.5. The Morgan fingerprint density at radius 2 is 1.65 bits per heavy atom. The van der Waals surface area contributed by atoms with Gasteiger partial charge < -0.3 is 20.7 Å². The van der Waals surface area contributed by atoms with Gasteiger partial charge in [-0.15, -0.1) is 0 Å². The van der Waals surface area contributed by atoms with Crippen molar-refractivity contribution in [3.63, 3.8) is 0 Å². The highest BCUT2D eigenvalue weighted by molar-refractivity contribution is 5.80. The van der Waals surface area contributed by atoms with Gasteiger partial charge in [-0.1, -0.05) is 39.8 Å². The number of nitrogens with zero attached hydrogens (tertiary/aromatic N) is 1. The lowest BCUT2D eigenvalue weighted by Gasteiger charge is -2.19. The number of hydrogen-bond donors (Lipinski definition) is 3. The molecule has 0 bridgehead atoms. The van der Waals surface area contributed by atoms with Gasteiger partial charge in [0.2, 0.25) is 5.91 Å². The first-order valence-electron chi connectivity index (χ1n) is 9.31. The third-order valence-electron chi connectivity index (χ3n) is 3.78. The Morgan fingerprint density at radius 1 is 1.04 bits per heavy atom. The van der Waals surface area contributed by atoms with Crippen LogP contribution in [0.15, 0.2) is 29.3 Å². The topological polar surface area (TPSA) is 74.8 Å². The standard InChI is InChI=1S/C20H34N4O2/c1-14(2)13-26-18-9-7-17(8-10-18)16(5)24-20(21-6)23-12-11-22-19(25)15(3)4/h7-10,14-16H,11-13H2,1-6H3,(H,22,25)(H2,21,23,24). The van der Waals surface area contributed by atoms with E-state index in [9.17, 15) is 4.79 Å². The molecule has 0 saturated heterocycles. The zero-order valence-corrected chi connectivity index (χ0v) is 16.9. The highest BCUT2D eigenvalue weighted by atomic mass is 16.5. The zero-order chi connectivity index (χ0) is 19.5. The molecule has 6 heteroatoms. The molecule has 6 nitrogen and oxygen atoms in total. The van der Waals surface area contributed by atoms with Crippen LogP contribution in [0.5, 0.6) is 5.75 Å². The SMILES string of the molecule is CN=C(NCCNC(=O)C(C)C)NC(C)c1ccc(OCC(C)C)cc1. The molecule has 0 aliphatic rings. The summed E-state index contributed by atoms with van der Waals surface area (Å²) in [4.78, 5) is 15.8. The first kappa shape index (κ1) is 21.8. The number of benzene rings is 1. The molecule has 0 radical (unpaired) electrons. The third kappa shape index (κ3) is 8.23. The summed E-state index contributed by atoms with van der Waals surface area (Å²) in [6.45, 7) is 12.0. The molecule has 3 N–H and O–H groups in total. The summed E-state index contributed by atoms with van der Waals surface area (Å²) in [6.07, 6.45) is 0. The summed E-state index contributed by atoms with van der Waals surface area (Å²) in [5, 5.41) is 9.43. The van der Waals surface area contributed by atoms with Crippen molar-refractivity contribution in [2.75, 3.05) is 26.7 Å². The van der Waals surface area contributed by atoms with Crippen LogP contribution in [0, 0.1) is 11.8 Å². The second kappa shape index (κ2) is 11.4. The molecule has 1 aromatic carbocycles. The van der Waals surface area contributed by atoms with Crippen molar-refractivity contribution in [1.29, 1.82) is 0 Å². The minimum Gasteiger partial charge on any atom is -0.493 e. The number of amides is 1. The van der Waals surface area contributed by atoms with Crippen LogP contribution in [0.1, 0.15) is 46.2 Å². The second-order valence-electron chi connectivity index (χ2n) is 7.08. The molecule has 146 valence electrons. The fourth-order valence-electron chi connectivity index (χ4n) is 2.17. The van der Waals surface area contributed by atoms with Gasteiger partial charge in [0.15, 0.2) is 5.96 Å². The quantitative estimate of drug-likeness (QED) is 0.359. The number of hydrogen-bond acceptors (Lipinski definition) is 3. The predicted octanol–water partition coefficient (Wildman–Crippen LogP) is 2.72. The Morgan fingerprint density at radius 3 is 2.19 bits per heavy atom. The lowest BCUT2D eigenvalue weighted by molar-refractivity contribution is -0.123. The molecular formula is C20H34N4O2. The summed E-state index contributed by atoms with van der Waals surface area (Å²) in [6, 6.07) is 8.21. The fraction of sp³-hybridized carbons (Fsp3) is 0.600. The van der Waals surface area contributed by atoms with Crippen LogP contribution in [0.4, 0.5) is 0 Å². The summed E-state index contributed by atoms with van der Waals surface area (Å²) in [5.74, 6) is 2.16. The molecule has 0 fully saturated rings. The van der Waals surface area contributed by atoms with E-state index >= 15 is 0 Å². The maximum Gasteiger partial charge on any atom is 0.222 e. The first-order chi connectivity index (χ1) is 12.3. The van der Waals surface area contributed by atoms with E-state index in [-0.39, 0.29) is 17.9 Å². The van der Waals surface area contributed by atoms with Crippen LogP contribution < -0.4 is 20.7 Å². The smallest absolute Gasteiger partial charge is 0.222 e. The Balaban J connectivity index is 2.43. The molecule has 1 rings (SSSR count). The average molecular weight is 363 g/mol. The monoisotopic (exact) mass is 362 g/mol. The van der Waals surface area contributed by atoms with Gasteiger partial charge in [0.25, 0.3) is 0 Å². The van der Waals surface area contributed by atoms with Gasteiger partial charge in [-0.3, -0.25) is 9.79 Å². The Kier molecular flexibility index (Phi) is 9.55. The van der Waals surface area contributed by atoms with Crippen LogP contribution in [-0.2, 0) is 4.79 Å². The van der Waals surface area contributed by atoms with Gasteiger partial charge in [0.05, 0.1) is 12.6 Å². The molecule has 0 aromatic heterocycles. The maximum absolute atomic E-state index is 11.5. The van der Waals surface area contributed by atoms with E-state index < -0.39 is 0 Å². The van der Waals surface area contributed by atoms with Crippen LogP contribution in [0.2, 0.25) is 0 Å². The summed E-state index contributed by atoms with van der Waals surface area (Å²) in [7, 11) is 1.73. The molecule has 0 saturated carbocycles. The molecule has 1 atom stereocenters. The molecule has 1 unspecified atom stereocenters. The third-order valence-corrected chi connectivity index (χ3v) is 3.78. The van der Waals surface area contributed by atoms with Crippen LogP contribution in [-0.4, -0.2) is 38.6 Å². The molecule has 1 aromatic rings. The number of aliphatic imine (C=N–C) groups is 1. The first-order valence-corrected chi connectivity index (χ1v) is 9.31. The minimum absolute atomic E-state index is 0.0000470. The zero-order valence-electron chi connectivity index (χ0n) is 16.9. The van der Waals surface area contributed by atoms with Gasteiger partial charge in [0.1, 0.15) is 5.75 Å². The van der Waals surface area contributed by atoms with E-state index in [2.05, 4.69) is 53.8 Å². The molecule has 0 aliphatic carbocycles. The summed E-state index contributed by atoms with van der Waals surface area (Å²) in [5.41, 5.74) is 1.15. The van der Waals surface area contributed by atoms with Crippen molar-refractivity contribution < 1.29 is 9.53 Å². The highest BCUT2D eigenvalue weighted by Gasteiger charge is 2.09. The van der Waals surface area contributed by atoms with Crippen LogP contribution in [0.3, 0.4) is 0 Å². The van der Waals surface area contributed by atoms with Gasteiger partial charge >= 0.3 is 0 Å². The van der Waals surface area contributed by atoms with E-state index in [1.807, 2.05) is 26.0 Å². The van der Waals surface area contributed by atoms with Gasteiger partial charge in [-0.2, -0.15) is 0 Å². The van der Waals surface area contributed by atoms with E-state index in [0.717, 1.165) is 17.9 Å². The van der Waals surface area contributed by atoms with E-state index in [0.29, 0.717) is 25.0 Å². The number of nitrogens with one attached hydrogen (secondary N) is 3. The molecule has 26 heavy (non-hydrogen) atoms. The van der Waals surface area contributed by atoms with Crippen molar-refractivity contribution in [3.05, 3.63) is 29.8 Å². The van der Waals surface area contributed by atoms with E-state index in [1.165, 1.54) is 0 Å². The number of carbonyl (C=O) groups excluding carboxylic acids is 1. The number of ether oxygens (including phenoxy) is 1.